The maximum Gasteiger partial charge on any atom is -0.0285 e. The van der Waals surface area contributed by atoms with Crippen LogP contribution in [-0.4, -0.2) is 0 Å². The van der Waals surface area contributed by atoms with Gasteiger partial charge in [-0.25, -0.2) is 0 Å². The van der Waals surface area contributed by atoms with Gasteiger partial charge in [-0.05, 0) is 12.8 Å². The van der Waals surface area contributed by atoms with E-state index in [1.54, 1.807) is 6.08 Å². The van der Waals surface area contributed by atoms with E-state index >= 15 is 0 Å². The van der Waals surface area contributed by atoms with Crippen LogP contribution in [0.3, 0.4) is 0 Å². The molecule has 0 atom stereocenters. The Morgan fingerprint density at radius 3 is 2.46 bits per heavy atom. The molecule has 0 heterocycles. The van der Waals surface area contributed by atoms with Crippen molar-refractivity contribution in [2.45, 2.75) is 45.4 Å². The van der Waals surface area contributed by atoms with Gasteiger partial charge in [0.05, 0.1) is 0 Å². The SMILES string of the molecule is C=C/C=C\C(=C)CCCCCCC. The predicted molar refractivity (Wildman–Crippen MR) is 61.9 cm³/mol. The Balaban J connectivity index is 3.26. The molecule has 74 valence electrons. The van der Waals surface area contributed by atoms with E-state index in [-0.39, 0.29) is 0 Å². The van der Waals surface area contributed by atoms with E-state index in [0.717, 1.165) is 6.42 Å². The molecule has 0 N–H and O–H groups in total. The monoisotopic (exact) mass is 178 g/mol. The molecule has 0 aromatic heterocycles. The average Bonchev–Trinajstić information content (AvgIpc) is 2.14. The summed E-state index contributed by atoms with van der Waals surface area (Å²) in [4.78, 5) is 0. The summed E-state index contributed by atoms with van der Waals surface area (Å²) in [5.41, 5.74) is 1.22. The van der Waals surface area contributed by atoms with E-state index in [2.05, 4.69) is 20.1 Å². The Kier molecular flexibility index (Phi) is 8.75. The molecular formula is C13H22. The highest BCUT2D eigenvalue weighted by Gasteiger charge is 1.90. The van der Waals surface area contributed by atoms with Crippen molar-refractivity contribution < 1.29 is 0 Å². The second-order valence-corrected chi connectivity index (χ2v) is 3.42. The molecule has 0 heteroatoms. The third-order valence-electron chi connectivity index (χ3n) is 2.07. The van der Waals surface area contributed by atoms with Crippen LogP contribution in [0.25, 0.3) is 0 Å². The van der Waals surface area contributed by atoms with Gasteiger partial charge in [0.2, 0.25) is 0 Å². The van der Waals surface area contributed by atoms with Crippen LogP contribution in [0.5, 0.6) is 0 Å². The highest BCUT2D eigenvalue weighted by Crippen LogP contribution is 2.10. The maximum atomic E-state index is 3.98. The fourth-order valence-corrected chi connectivity index (χ4v) is 1.24. The van der Waals surface area contributed by atoms with Gasteiger partial charge < -0.3 is 0 Å². The van der Waals surface area contributed by atoms with Gasteiger partial charge in [-0.2, -0.15) is 0 Å². The van der Waals surface area contributed by atoms with Crippen molar-refractivity contribution in [3.05, 3.63) is 37.0 Å². The van der Waals surface area contributed by atoms with E-state index in [1.165, 1.54) is 37.7 Å². The molecule has 0 saturated carbocycles. The molecule has 0 aromatic rings. The molecule has 0 fully saturated rings. The van der Waals surface area contributed by atoms with E-state index in [1.807, 2.05) is 12.2 Å². The molecule has 0 spiro atoms. The topological polar surface area (TPSA) is 0 Å². The largest absolute Gasteiger partial charge is 0.0991 e. The quantitative estimate of drug-likeness (QED) is 0.375. The Hall–Kier alpha value is -0.780. The Morgan fingerprint density at radius 1 is 1.15 bits per heavy atom. The van der Waals surface area contributed by atoms with Crippen molar-refractivity contribution in [2.75, 3.05) is 0 Å². The van der Waals surface area contributed by atoms with E-state index < -0.39 is 0 Å². The maximum absolute atomic E-state index is 3.98. The van der Waals surface area contributed by atoms with Crippen LogP contribution in [0, 0.1) is 0 Å². The summed E-state index contributed by atoms with van der Waals surface area (Å²) in [5, 5.41) is 0. The van der Waals surface area contributed by atoms with Gasteiger partial charge in [-0.3, -0.25) is 0 Å². The van der Waals surface area contributed by atoms with Gasteiger partial charge in [0.25, 0.3) is 0 Å². The van der Waals surface area contributed by atoms with Gasteiger partial charge in [0, 0.05) is 0 Å². The van der Waals surface area contributed by atoms with Gasteiger partial charge in [-0.1, -0.05) is 69.6 Å². The molecule has 0 radical (unpaired) electrons. The first kappa shape index (κ1) is 12.2. The summed E-state index contributed by atoms with van der Waals surface area (Å²) in [5.74, 6) is 0. The third-order valence-corrected chi connectivity index (χ3v) is 2.07. The van der Waals surface area contributed by atoms with Crippen molar-refractivity contribution in [2.24, 2.45) is 0 Å². The van der Waals surface area contributed by atoms with Crippen LogP contribution >= 0.6 is 0 Å². The van der Waals surface area contributed by atoms with Crippen LogP contribution in [0.2, 0.25) is 0 Å². The first-order chi connectivity index (χ1) is 6.31. The molecule has 0 amide bonds. The van der Waals surface area contributed by atoms with Crippen LogP contribution in [0.15, 0.2) is 37.0 Å². The fourth-order valence-electron chi connectivity index (χ4n) is 1.24. The third kappa shape index (κ3) is 9.13. The summed E-state index contributed by atoms with van der Waals surface area (Å²) in [6.45, 7) is 9.84. The summed E-state index contributed by atoms with van der Waals surface area (Å²) in [6.07, 6.45) is 13.6. The lowest BCUT2D eigenvalue weighted by atomic mass is 10.1. The average molecular weight is 178 g/mol. The van der Waals surface area contributed by atoms with E-state index in [4.69, 9.17) is 0 Å². The molecule has 13 heavy (non-hydrogen) atoms. The van der Waals surface area contributed by atoms with Crippen LogP contribution in [-0.2, 0) is 0 Å². The first-order valence-corrected chi connectivity index (χ1v) is 5.28. The van der Waals surface area contributed by atoms with Gasteiger partial charge in [0.1, 0.15) is 0 Å². The normalized spacial score (nSPS) is 10.5. The van der Waals surface area contributed by atoms with E-state index in [9.17, 15) is 0 Å². The van der Waals surface area contributed by atoms with E-state index in [0.29, 0.717) is 0 Å². The standard InChI is InChI=1S/C13H22/c1-4-6-8-9-10-12-13(3)11-7-5-2/h5,7,11H,2-4,6,8-10,12H2,1H3/b11-7-. The van der Waals surface area contributed by atoms with Crippen molar-refractivity contribution in [1.82, 2.24) is 0 Å². The highest BCUT2D eigenvalue weighted by molar-refractivity contribution is 5.17. The summed E-state index contributed by atoms with van der Waals surface area (Å²) in [6, 6.07) is 0. The lowest BCUT2D eigenvalue weighted by Gasteiger charge is -1.99. The minimum absolute atomic E-state index is 1.13. The first-order valence-electron chi connectivity index (χ1n) is 5.28. The zero-order valence-corrected chi connectivity index (χ0v) is 8.89. The zero-order valence-electron chi connectivity index (χ0n) is 8.89. The van der Waals surface area contributed by atoms with Gasteiger partial charge in [-0.15, -0.1) is 0 Å². The Bertz CT molecular complexity index is 163. The highest BCUT2D eigenvalue weighted by atomic mass is 14.0. The number of hydrogen-bond acceptors (Lipinski definition) is 0. The molecule has 0 nitrogen and oxygen atoms in total. The van der Waals surface area contributed by atoms with Gasteiger partial charge in [0.15, 0.2) is 0 Å². The molecule has 0 aliphatic rings. The smallest absolute Gasteiger partial charge is 0.0285 e. The number of allylic oxidation sites excluding steroid dienone is 4. The lowest BCUT2D eigenvalue weighted by Crippen LogP contribution is -1.80. The molecule has 0 aliphatic carbocycles. The van der Waals surface area contributed by atoms with Gasteiger partial charge >= 0.3 is 0 Å². The molecular weight excluding hydrogens is 156 g/mol. The van der Waals surface area contributed by atoms with Crippen molar-refractivity contribution in [3.63, 3.8) is 0 Å². The molecule has 0 aliphatic heterocycles. The summed E-state index contributed by atoms with van der Waals surface area (Å²) < 4.78 is 0. The molecule has 0 rings (SSSR count). The number of unbranched alkanes of at least 4 members (excludes halogenated alkanes) is 4. The summed E-state index contributed by atoms with van der Waals surface area (Å²) in [7, 11) is 0. The summed E-state index contributed by atoms with van der Waals surface area (Å²) >= 11 is 0. The Labute approximate surface area is 83.0 Å². The molecule has 0 bridgehead atoms. The fraction of sp³-hybridized carbons (Fsp3) is 0.538. The van der Waals surface area contributed by atoms with Crippen molar-refractivity contribution in [3.8, 4) is 0 Å². The van der Waals surface area contributed by atoms with Crippen molar-refractivity contribution in [1.29, 1.82) is 0 Å². The second kappa shape index (κ2) is 9.31. The number of rotatable bonds is 8. The molecule has 0 unspecified atom stereocenters. The predicted octanol–water partition coefficient (Wildman–Crippen LogP) is 4.65. The lowest BCUT2D eigenvalue weighted by molar-refractivity contribution is 0.633. The number of hydrogen-bond donors (Lipinski definition) is 0. The van der Waals surface area contributed by atoms with Crippen LogP contribution < -0.4 is 0 Å². The molecule has 0 saturated heterocycles. The minimum atomic E-state index is 1.13. The van der Waals surface area contributed by atoms with Crippen molar-refractivity contribution >= 4 is 0 Å². The Morgan fingerprint density at radius 2 is 1.85 bits per heavy atom. The zero-order chi connectivity index (χ0) is 9.94. The minimum Gasteiger partial charge on any atom is -0.0991 e. The second-order valence-electron chi connectivity index (χ2n) is 3.42. The van der Waals surface area contributed by atoms with Crippen LogP contribution in [0.4, 0.5) is 0 Å². The van der Waals surface area contributed by atoms with Crippen LogP contribution in [0.1, 0.15) is 45.4 Å². The molecule has 0 aromatic carbocycles.